The van der Waals surface area contributed by atoms with Crippen molar-refractivity contribution in [2.75, 3.05) is 0 Å². The molecule has 0 aromatic heterocycles. The van der Waals surface area contributed by atoms with E-state index in [1.807, 2.05) is 40.7 Å². The highest BCUT2D eigenvalue weighted by Crippen LogP contribution is 2.22. The molecule has 120 valence electrons. The van der Waals surface area contributed by atoms with E-state index < -0.39 is 15.6 Å². The number of sulfonamides is 1. The average Bonchev–Trinajstić information content (AvgIpc) is 2.26. The van der Waals surface area contributed by atoms with E-state index in [-0.39, 0.29) is 0 Å². The maximum absolute atomic E-state index is 12.6. The van der Waals surface area contributed by atoms with Gasteiger partial charge in [-0.3, -0.25) is 0 Å². The van der Waals surface area contributed by atoms with Gasteiger partial charge >= 0.3 is 0 Å². The first-order chi connectivity index (χ1) is 9.42. The van der Waals surface area contributed by atoms with E-state index in [1.165, 1.54) is 0 Å². The third kappa shape index (κ3) is 5.41. The smallest absolute Gasteiger partial charge is 0.241 e. The van der Waals surface area contributed by atoms with Crippen LogP contribution in [0.15, 0.2) is 17.0 Å². The maximum atomic E-state index is 12.6. The van der Waals surface area contributed by atoms with Gasteiger partial charge in [-0.25, -0.2) is 13.1 Å². The molecule has 0 saturated carbocycles. The van der Waals surface area contributed by atoms with E-state index in [2.05, 4.69) is 23.9 Å². The summed E-state index contributed by atoms with van der Waals surface area (Å²) >= 11 is 0. The summed E-state index contributed by atoms with van der Waals surface area (Å²) < 4.78 is 27.9. The van der Waals surface area contributed by atoms with Crippen molar-refractivity contribution in [2.45, 2.75) is 71.5 Å². The summed E-state index contributed by atoms with van der Waals surface area (Å²) in [5.41, 5.74) is 2.29. The molecule has 4 nitrogen and oxygen atoms in total. The molecule has 0 amide bonds. The fourth-order valence-corrected chi connectivity index (χ4v) is 3.85. The van der Waals surface area contributed by atoms with Crippen molar-refractivity contribution < 1.29 is 8.42 Å². The van der Waals surface area contributed by atoms with Crippen molar-refractivity contribution in [1.82, 2.24) is 10.0 Å². The van der Waals surface area contributed by atoms with Crippen LogP contribution in [-0.4, -0.2) is 20.0 Å². The highest BCUT2D eigenvalue weighted by atomic mass is 32.2. The first-order valence-electron chi connectivity index (χ1n) is 7.30. The number of nitrogens with one attached hydrogen (secondary N) is 2. The lowest BCUT2D eigenvalue weighted by Gasteiger charge is -2.22. The van der Waals surface area contributed by atoms with E-state index >= 15 is 0 Å². The van der Waals surface area contributed by atoms with Crippen LogP contribution in [0.5, 0.6) is 0 Å². The largest absolute Gasteiger partial charge is 0.310 e. The van der Waals surface area contributed by atoms with Gasteiger partial charge in [-0.05, 0) is 57.4 Å². The Kier molecular flexibility index (Phi) is 5.58. The van der Waals surface area contributed by atoms with Gasteiger partial charge in [0.15, 0.2) is 0 Å². The van der Waals surface area contributed by atoms with Gasteiger partial charge in [0.25, 0.3) is 0 Å². The van der Waals surface area contributed by atoms with Gasteiger partial charge in [-0.2, -0.15) is 0 Å². The Morgan fingerprint density at radius 3 is 2.19 bits per heavy atom. The van der Waals surface area contributed by atoms with Crippen molar-refractivity contribution in [3.63, 3.8) is 0 Å². The molecule has 0 radical (unpaired) electrons. The summed E-state index contributed by atoms with van der Waals surface area (Å²) in [5, 5.41) is 3.32. The van der Waals surface area contributed by atoms with Crippen molar-refractivity contribution in [3.8, 4) is 0 Å². The lowest BCUT2D eigenvalue weighted by Crippen LogP contribution is -2.40. The Bertz CT molecular complexity index is 599. The van der Waals surface area contributed by atoms with E-state index in [0.717, 1.165) is 16.7 Å². The van der Waals surface area contributed by atoms with Gasteiger partial charge in [0.1, 0.15) is 0 Å². The van der Waals surface area contributed by atoms with Crippen LogP contribution in [-0.2, 0) is 16.6 Å². The molecule has 0 bridgehead atoms. The highest BCUT2D eigenvalue weighted by molar-refractivity contribution is 7.89. The van der Waals surface area contributed by atoms with Gasteiger partial charge in [0.05, 0.1) is 4.90 Å². The molecule has 1 rings (SSSR count). The first-order valence-corrected chi connectivity index (χ1v) is 8.78. The summed E-state index contributed by atoms with van der Waals surface area (Å²) in [4.78, 5) is 0.373. The lowest BCUT2D eigenvalue weighted by atomic mass is 10.1. The molecule has 0 aliphatic heterocycles. The zero-order valence-corrected chi connectivity index (χ0v) is 15.0. The molecular weight excluding hydrogens is 284 g/mol. The number of rotatable bonds is 5. The van der Waals surface area contributed by atoms with Crippen molar-refractivity contribution in [1.29, 1.82) is 0 Å². The lowest BCUT2D eigenvalue weighted by molar-refractivity contribution is 0.491. The second-order valence-electron chi connectivity index (χ2n) is 6.93. The van der Waals surface area contributed by atoms with Gasteiger partial charge in [0.2, 0.25) is 10.0 Å². The minimum absolute atomic E-state index is 0.361. The predicted octanol–water partition coefficient (Wildman–Crippen LogP) is 2.88. The predicted molar refractivity (Wildman–Crippen MR) is 88.0 cm³/mol. The van der Waals surface area contributed by atoms with Gasteiger partial charge in [0, 0.05) is 18.1 Å². The average molecular weight is 312 g/mol. The van der Waals surface area contributed by atoms with Crippen molar-refractivity contribution >= 4 is 10.0 Å². The van der Waals surface area contributed by atoms with E-state index in [9.17, 15) is 8.42 Å². The Balaban J connectivity index is 3.22. The molecule has 0 saturated heterocycles. The van der Waals surface area contributed by atoms with Crippen LogP contribution in [0.25, 0.3) is 0 Å². The summed E-state index contributed by atoms with van der Waals surface area (Å²) in [6.45, 7) is 14.1. The van der Waals surface area contributed by atoms with E-state index in [4.69, 9.17) is 0 Å². The van der Waals surface area contributed by atoms with Crippen LogP contribution in [0, 0.1) is 13.8 Å². The quantitative estimate of drug-likeness (QED) is 0.879. The summed E-state index contributed by atoms with van der Waals surface area (Å²) in [6.07, 6.45) is 0. The molecule has 0 atom stereocenters. The molecule has 0 spiro atoms. The minimum Gasteiger partial charge on any atom is -0.310 e. The molecular formula is C16H28N2O2S. The highest BCUT2D eigenvalue weighted by Gasteiger charge is 2.24. The zero-order valence-electron chi connectivity index (χ0n) is 14.2. The third-order valence-electron chi connectivity index (χ3n) is 3.12. The second-order valence-corrected chi connectivity index (χ2v) is 8.58. The fourth-order valence-electron chi connectivity index (χ4n) is 2.06. The Morgan fingerprint density at radius 1 is 1.14 bits per heavy atom. The molecule has 0 heterocycles. The molecule has 0 fully saturated rings. The van der Waals surface area contributed by atoms with Crippen molar-refractivity contribution in [2.24, 2.45) is 0 Å². The van der Waals surface area contributed by atoms with Gasteiger partial charge in [-0.15, -0.1) is 0 Å². The number of aryl methyl sites for hydroxylation is 1. The van der Waals surface area contributed by atoms with Crippen molar-refractivity contribution in [3.05, 3.63) is 28.8 Å². The van der Waals surface area contributed by atoms with Crippen LogP contribution in [0.3, 0.4) is 0 Å². The van der Waals surface area contributed by atoms with E-state index in [1.54, 1.807) is 6.07 Å². The maximum Gasteiger partial charge on any atom is 0.241 e. The number of benzene rings is 1. The fraction of sp³-hybridized carbons (Fsp3) is 0.625. The van der Waals surface area contributed by atoms with Gasteiger partial charge < -0.3 is 5.32 Å². The Hall–Kier alpha value is -0.910. The Labute approximate surface area is 129 Å². The summed E-state index contributed by atoms with van der Waals surface area (Å²) in [7, 11) is -3.51. The van der Waals surface area contributed by atoms with Crippen LogP contribution < -0.4 is 10.0 Å². The standard InChI is InChI=1S/C16H28N2O2S/c1-11(2)17-10-14-8-12(3)13(4)15(9-14)21(19,20)18-16(5,6)7/h8-9,11,17-18H,10H2,1-7H3. The SMILES string of the molecule is Cc1cc(CNC(C)C)cc(S(=O)(=O)NC(C)(C)C)c1C. The van der Waals surface area contributed by atoms with Crippen LogP contribution in [0.2, 0.25) is 0 Å². The zero-order chi connectivity index (χ0) is 16.4. The summed E-state index contributed by atoms with van der Waals surface area (Å²) in [6, 6.07) is 4.17. The topological polar surface area (TPSA) is 58.2 Å². The first kappa shape index (κ1) is 18.1. The third-order valence-corrected chi connectivity index (χ3v) is 5.01. The molecule has 0 aliphatic carbocycles. The van der Waals surface area contributed by atoms with E-state index in [0.29, 0.717) is 17.5 Å². The van der Waals surface area contributed by atoms with Crippen LogP contribution in [0.4, 0.5) is 0 Å². The molecule has 21 heavy (non-hydrogen) atoms. The van der Waals surface area contributed by atoms with Gasteiger partial charge in [-0.1, -0.05) is 19.9 Å². The van der Waals surface area contributed by atoms with Crippen LogP contribution in [0.1, 0.15) is 51.3 Å². The van der Waals surface area contributed by atoms with Crippen LogP contribution >= 0.6 is 0 Å². The number of hydrogen-bond donors (Lipinski definition) is 2. The molecule has 1 aromatic rings. The molecule has 0 unspecified atom stereocenters. The second kappa shape index (κ2) is 6.46. The molecule has 2 N–H and O–H groups in total. The minimum atomic E-state index is -3.51. The Morgan fingerprint density at radius 2 is 1.71 bits per heavy atom. The normalized spacial score (nSPS) is 13.0. The summed E-state index contributed by atoms with van der Waals surface area (Å²) in [5.74, 6) is 0. The molecule has 0 aliphatic rings. The monoisotopic (exact) mass is 312 g/mol. The molecule has 5 heteroatoms. The molecule has 1 aromatic carbocycles. The number of hydrogen-bond acceptors (Lipinski definition) is 3.